The maximum atomic E-state index is 11.0. The quantitative estimate of drug-likeness (QED) is 0.714. The maximum Gasteiger partial charge on any atom is 0.343 e. The van der Waals surface area contributed by atoms with E-state index in [0.717, 1.165) is 0 Å². The summed E-state index contributed by atoms with van der Waals surface area (Å²) in [4.78, 5) is 11.0. The molecule has 0 saturated heterocycles. The molecule has 1 aromatic rings. The van der Waals surface area contributed by atoms with Crippen LogP contribution in [0, 0.1) is 0 Å². The molecule has 1 rings (SSSR count). The minimum atomic E-state index is -0.480. The van der Waals surface area contributed by atoms with Crippen molar-refractivity contribution in [2.75, 3.05) is 35.0 Å². The van der Waals surface area contributed by atoms with E-state index in [2.05, 4.69) is 4.74 Å². The Labute approximate surface area is 105 Å². The number of hydrogen-bond donors (Lipinski definition) is 0. The van der Waals surface area contributed by atoms with Crippen LogP contribution in [0.3, 0.4) is 0 Å². The highest BCUT2D eigenvalue weighted by molar-refractivity contribution is 5.71. The van der Waals surface area contributed by atoms with Crippen LogP contribution in [0.2, 0.25) is 0 Å². The molecule has 0 aliphatic rings. The summed E-state index contributed by atoms with van der Waals surface area (Å²) in [5.41, 5.74) is 0. The molecule has 0 aliphatic carbocycles. The molecular weight excluding hydrogens is 240 g/mol. The average molecular weight is 256 g/mol. The van der Waals surface area contributed by atoms with Crippen molar-refractivity contribution in [3.63, 3.8) is 0 Å². The smallest absolute Gasteiger partial charge is 0.343 e. The molecule has 0 N–H and O–H groups in total. The van der Waals surface area contributed by atoms with Gasteiger partial charge in [-0.05, 0) is 12.1 Å². The molecule has 18 heavy (non-hydrogen) atoms. The van der Waals surface area contributed by atoms with Gasteiger partial charge >= 0.3 is 5.97 Å². The number of benzene rings is 1. The van der Waals surface area contributed by atoms with Crippen molar-refractivity contribution >= 4 is 5.97 Å². The first-order valence-corrected chi connectivity index (χ1v) is 5.16. The van der Waals surface area contributed by atoms with E-state index in [4.69, 9.17) is 18.9 Å². The summed E-state index contributed by atoms with van der Waals surface area (Å²) in [5.74, 6) is 1.18. The van der Waals surface area contributed by atoms with Crippen molar-refractivity contribution in [2.24, 2.45) is 0 Å². The Bertz CT molecular complexity index is 415. The lowest BCUT2D eigenvalue weighted by atomic mass is 10.2. The van der Waals surface area contributed by atoms with Crippen molar-refractivity contribution in [2.45, 2.75) is 0 Å². The fraction of sp³-hybridized carbons (Fsp3) is 0.417. The Balaban J connectivity index is 3.01. The lowest BCUT2D eigenvalue weighted by molar-refractivity contribution is -0.142. The van der Waals surface area contributed by atoms with Crippen LogP contribution in [0.5, 0.6) is 23.0 Å². The van der Waals surface area contributed by atoms with E-state index in [9.17, 15) is 4.79 Å². The third kappa shape index (κ3) is 2.97. The van der Waals surface area contributed by atoms with Crippen LogP contribution in [0.4, 0.5) is 0 Å². The highest BCUT2D eigenvalue weighted by Gasteiger charge is 2.17. The summed E-state index contributed by atoms with van der Waals surface area (Å²) in [7, 11) is 5.77. The average Bonchev–Trinajstić information content (AvgIpc) is 2.43. The van der Waals surface area contributed by atoms with Gasteiger partial charge in [-0.1, -0.05) is 0 Å². The number of ether oxygens (including phenoxy) is 5. The van der Waals surface area contributed by atoms with Gasteiger partial charge in [-0.25, -0.2) is 4.79 Å². The fourth-order valence-electron chi connectivity index (χ4n) is 1.38. The number of hydrogen-bond acceptors (Lipinski definition) is 6. The first kappa shape index (κ1) is 14.0. The molecule has 0 radical (unpaired) electrons. The molecular formula is C12H16O6. The summed E-state index contributed by atoms with van der Waals surface area (Å²) < 4.78 is 25.3. The van der Waals surface area contributed by atoms with Crippen LogP contribution < -0.4 is 18.9 Å². The van der Waals surface area contributed by atoms with Crippen LogP contribution in [0.1, 0.15) is 0 Å². The predicted molar refractivity (Wildman–Crippen MR) is 63.6 cm³/mol. The van der Waals surface area contributed by atoms with Crippen LogP contribution in [0.25, 0.3) is 0 Å². The van der Waals surface area contributed by atoms with Gasteiger partial charge in [0.1, 0.15) is 0 Å². The minimum absolute atomic E-state index is 0.206. The monoisotopic (exact) mass is 256 g/mol. The van der Waals surface area contributed by atoms with Crippen LogP contribution in [-0.2, 0) is 9.53 Å². The van der Waals surface area contributed by atoms with Crippen LogP contribution in [0.15, 0.2) is 12.1 Å². The number of methoxy groups -OCH3 is 4. The first-order chi connectivity index (χ1) is 8.67. The molecule has 0 saturated carbocycles. The SMILES string of the molecule is COC(=O)COc1ccc(OC)c(OC)c1OC. The number of esters is 1. The second kappa shape index (κ2) is 6.58. The Hall–Kier alpha value is -2.11. The van der Waals surface area contributed by atoms with Crippen LogP contribution >= 0.6 is 0 Å². The molecule has 6 heteroatoms. The summed E-state index contributed by atoms with van der Waals surface area (Å²) in [6.07, 6.45) is 0. The zero-order chi connectivity index (χ0) is 13.5. The Kier molecular flexibility index (Phi) is 5.10. The molecule has 6 nitrogen and oxygen atoms in total. The topological polar surface area (TPSA) is 63.2 Å². The van der Waals surface area contributed by atoms with Gasteiger partial charge in [-0.2, -0.15) is 0 Å². The van der Waals surface area contributed by atoms with Gasteiger partial charge in [0.15, 0.2) is 18.1 Å². The second-order valence-electron chi connectivity index (χ2n) is 3.20. The molecule has 0 aromatic heterocycles. The molecule has 1 aromatic carbocycles. The summed E-state index contributed by atoms with van der Waals surface area (Å²) >= 11 is 0. The van der Waals surface area contributed by atoms with E-state index in [0.29, 0.717) is 23.0 Å². The highest BCUT2D eigenvalue weighted by Crippen LogP contribution is 2.43. The van der Waals surface area contributed by atoms with Gasteiger partial charge in [0, 0.05) is 0 Å². The first-order valence-electron chi connectivity index (χ1n) is 5.16. The van der Waals surface area contributed by atoms with E-state index in [1.807, 2.05) is 0 Å². The molecule has 0 amide bonds. The van der Waals surface area contributed by atoms with Crippen molar-refractivity contribution in [1.82, 2.24) is 0 Å². The van der Waals surface area contributed by atoms with Gasteiger partial charge < -0.3 is 23.7 Å². The van der Waals surface area contributed by atoms with Crippen LogP contribution in [-0.4, -0.2) is 41.0 Å². The molecule has 0 unspecified atom stereocenters. The minimum Gasteiger partial charge on any atom is -0.493 e. The third-order valence-corrected chi connectivity index (χ3v) is 2.24. The summed E-state index contributed by atoms with van der Waals surface area (Å²) in [5, 5.41) is 0. The standard InChI is InChI=1S/C12H16O6/c1-14-8-5-6-9(18-7-10(13)15-2)12(17-4)11(8)16-3/h5-6H,7H2,1-4H3. The van der Waals surface area contributed by atoms with E-state index in [1.165, 1.54) is 28.4 Å². The normalized spacial score (nSPS) is 9.56. The van der Waals surface area contributed by atoms with Gasteiger partial charge in [0.2, 0.25) is 11.5 Å². The zero-order valence-electron chi connectivity index (χ0n) is 10.8. The third-order valence-electron chi connectivity index (χ3n) is 2.24. The Morgan fingerprint density at radius 1 is 0.944 bits per heavy atom. The molecule has 0 atom stereocenters. The molecule has 0 fully saturated rings. The molecule has 0 bridgehead atoms. The molecule has 0 aliphatic heterocycles. The lowest BCUT2D eigenvalue weighted by Crippen LogP contribution is -2.13. The predicted octanol–water partition coefficient (Wildman–Crippen LogP) is 1.26. The van der Waals surface area contributed by atoms with Crippen molar-refractivity contribution in [3.05, 3.63) is 12.1 Å². The number of rotatable bonds is 6. The van der Waals surface area contributed by atoms with Crippen molar-refractivity contribution in [3.8, 4) is 23.0 Å². The van der Waals surface area contributed by atoms with Gasteiger partial charge in [0.05, 0.1) is 28.4 Å². The van der Waals surface area contributed by atoms with Gasteiger partial charge in [0.25, 0.3) is 0 Å². The molecule has 100 valence electrons. The number of carbonyl (C=O) groups is 1. The zero-order valence-corrected chi connectivity index (χ0v) is 10.8. The Morgan fingerprint density at radius 2 is 1.50 bits per heavy atom. The lowest BCUT2D eigenvalue weighted by Gasteiger charge is -2.15. The highest BCUT2D eigenvalue weighted by atomic mass is 16.6. The maximum absolute atomic E-state index is 11.0. The molecule has 0 spiro atoms. The largest absolute Gasteiger partial charge is 0.493 e. The van der Waals surface area contributed by atoms with Crippen molar-refractivity contribution in [1.29, 1.82) is 0 Å². The van der Waals surface area contributed by atoms with E-state index in [1.54, 1.807) is 12.1 Å². The van der Waals surface area contributed by atoms with E-state index in [-0.39, 0.29) is 6.61 Å². The van der Waals surface area contributed by atoms with E-state index < -0.39 is 5.97 Å². The second-order valence-corrected chi connectivity index (χ2v) is 3.20. The van der Waals surface area contributed by atoms with E-state index >= 15 is 0 Å². The fourth-order valence-corrected chi connectivity index (χ4v) is 1.38. The van der Waals surface area contributed by atoms with Gasteiger partial charge in [-0.3, -0.25) is 0 Å². The van der Waals surface area contributed by atoms with Gasteiger partial charge in [-0.15, -0.1) is 0 Å². The molecule has 0 heterocycles. The van der Waals surface area contributed by atoms with Crippen molar-refractivity contribution < 1.29 is 28.5 Å². The summed E-state index contributed by atoms with van der Waals surface area (Å²) in [6.45, 7) is -0.206. The Morgan fingerprint density at radius 3 is 2.00 bits per heavy atom. The number of carbonyl (C=O) groups excluding carboxylic acids is 1. The summed E-state index contributed by atoms with van der Waals surface area (Å²) in [6, 6.07) is 3.29.